The minimum Gasteiger partial charge on any atom is -0.479 e. The fourth-order valence-corrected chi connectivity index (χ4v) is 1.24. The van der Waals surface area contributed by atoms with E-state index < -0.39 is 18.0 Å². The van der Waals surface area contributed by atoms with Gasteiger partial charge in [-0.3, -0.25) is 4.79 Å². The molecule has 2 unspecified atom stereocenters. The summed E-state index contributed by atoms with van der Waals surface area (Å²) in [4.78, 5) is 21.1. The standard InChI is InChI=1S/C7H12O4S2/c1-4(8)11-5(7(9)10)3-6(12)13-2/h5-6,12H,3H2,1-2H3,(H,9,10). The number of carboxylic acid groups (broad SMARTS) is 1. The number of carbonyl (C=O) groups excluding carboxylic acids is 1. The van der Waals surface area contributed by atoms with Crippen LogP contribution in [0.5, 0.6) is 0 Å². The van der Waals surface area contributed by atoms with Crippen molar-refractivity contribution in [3.8, 4) is 0 Å². The lowest BCUT2D eigenvalue weighted by Gasteiger charge is -2.14. The Morgan fingerprint density at radius 1 is 1.62 bits per heavy atom. The summed E-state index contributed by atoms with van der Waals surface area (Å²) < 4.78 is 4.45. The molecule has 76 valence electrons. The largest absolute Gasteiger partial charge is 0.479 e. The average Bonchev–Trinajstić information content (AvgIpc) is 2.02. The zero-order valence-electron chi connectivity index (χ0n) is 7.39. The summed E-state index contributed by atoms with van der Waals surface area (Å²) in [7, 11) is 0. The van der Waals surface area contributed by atoms with Crippen molar-refractivity contribution < 1.29 is 19.4 Å². The van der Waals surface area contributed by atoms with E-state index in [0.29, 0.717) is 0 Å². The average molecular weight is 224 g/mol. The first-order valence-corrected chi connectivity index (χ1v) is 5.38. The zero-order valence-corrected chi connectivity index (χ0v) is 9.10. The summed E-state index contributed by atoms with van der Waals surface area (Å²) >= 11 is 5.50. The molecule has 0 aliphatic rings. The van der Waals surface area contributed by atoms with Crippen LogP contribution in [0.2, 0.25) is 0 Å². The van der Waals surface area contributed by atoms with Crippen molar-refractivity contribution in [1.29, 1.82) is 0 Å². The van der Waals surface area contributed by atoms with E-state index in [1.165, 1.54) is 18.7 Å². The van der Waals surface area contributed by atoms with E-state index in [-0.39, 0.29) is 11.0 Å². The van der Waals surface area contributed by atoms with E-state index in [0.717, 1.165) is 0 Å². The van der Waals surface area contributed by atoms with Gasteiger partial charge in [0.1, 0.15) is 0 Å². The second-order valence-electron chi connectivity index (χ2n) is 2.36. The Bertz CT molecular complexity index is 195. The SMILES string of the molecule is CSC(S)CC(OC(C)=O)C(=O)O. The minimum atomic E-state index is -1.14. The highest BCUT2D eigenvalue weighted by Gasteiger charge is 2.23. The molecule has 0 saturated heterocycles. The van der Waals surface area contributed by atoms with Crippen LogP contribution in [0.3, 0.4) is 0 Å². The van der Waals surface area contributed by atoms with Gasteiger partial charge in [0.05, 0.1) is 4.58 Å². The Morgan fingerprint density at radius 2 is 2.15 bits per heavy atom. The summed E-state index contributed by atoms with van der Waals surface area (Å²) in [5.74, 6) is -1.72. The Kier molecular flexibility index (Phi) is 5.98. The van der Waals surface area contributed by atoms with E-state index >= 15 is 0 Å². The quantitative estimate of drug-likeness (QED) is 0.414. The molecule has 2 atom stereocenters. The number of esters is 1. The lowest BCUT2D eigenvalue weighted by molar-refractivity contribution is -0.162. The van der Waals surface area contributed by atoms with Gasteiger partial charge in [-0.25, -0.2) is 4.79 Å². The highest BCUT2D eigenvalue weighted by atomic mass is 32.2. The molecule has 0 aromatic carbocycles. The van der Waals surface area contributed by atoms with Crippen LogP contribution in [0.4, 0.5) is 0 Å². The Morgan fingerprint density at radius 3 is 2.46 bits per heavy atom. The van der Waals surface area contributed by atoms with E-state index in [2.05, 4.69) is 17.4 Å². The van der Waals surface area contributed by atoms with E-state index in [9.17, 15) is 9.59 Å². The van der Waals surface area contributed by atoms with Gasteiger partial charge in [-0.15, -0.1) is 0 Å². The number of hydrogen-bond donors (Lipinski definition) is 2. The molecule has 0 amide bonds. The monoisotopic (exact) mass is 224 g/mol. The number of carbonyl (C=O) groups is 2. The lowest BCUT2D eigenvalue weighted by Crippen LogP contribution is -2.28. The highest BCUT2D eigenvalue weighted by molar-refractivity contribution is 8.09. The van der Waals surface area contributed by atoms with Crippen molar-refractivity contribution in [3.05, 3.63) is 0 Å². The number of rotatable bonds is 5. The molecule has 0 fully saturated rings. The molecular formula is C7H12O4S2. The minimum absolute atomic E-state index is 0.138. The predicted octanol–water partition coefficient (Wildman–Crippen LogP) is 1.01. The van der Waals surface area contributed by atoms with Gasteiger partial charge in [0, 0.05) is 13.3 Å². The van der Waals surface area contributed by atoms with Crippen molar-refractivity contribution in [2.45, 2.75) is 24.0 Å². The number of hydrogen-bond acceptors (Lipinski definition) is 5. The third-order valence-corrected chi connectivity index (χ3v) is 2.85. The first-order chi connectivity index (χ1) is 5.97. The second kappa shape index (κ2) is 6.15. The van der Waals surface area contributed by atoms with Gasteiger partial charge in [0.25, 0.3) is 0 Å². The van der Waals surface area contributed by atoms with Gasteiger partial charge in [-0.05, 0) is 6.26 Å². The van der Waals surface area contributed by atoms with Crippen molar-refractivity contribution in [2.24, 2.45) is 0 Å². The third kappa shape index (κ3) is 5.81. The maximum atomic E-state index is 10.6. The molecule has 0 bridgehead atoms. The van der Waals surface area contributed by atoms with Crippen LogP contribution in [-0.4, -0.2) is 34.0 Å². The number of thiol groups is 1. The zero-order chi connectivity index (χ0) is 10.4. The molecule has 1 N–H and O–H groups in total. The van der Waals surface area contributed by atoms with Gasteiger partial charge in [-0.1, -0.05) is 0 Å². The summed E-state index contributed by atoms with van der Waals surface area (Å²) in [6.07, 6.45) is 0.927. The van der Waals surface area contributed by atoms with Crippen molar-refractivity contribution >= 4 is 36.3 Å². The van der Waals surface area contributed by atoms with Gasteiger partial charge in [-0.2, -0.15) is 24.4 Å². The molecule has 0 aromatic heterocycles. The van der Waals surface area contributed by atoms with Gasteiger partial charge < -0.3 is 9.84 Å². The predicted molar refractivity (Wildman–Crippen MR) is 54.1 cm³/mol. The van der Waals surface area contributed by atoms with Crippen LogP contribution in [-0.2, 0) is 14.3 Å². The van der Waals surface area contributed by atoms with Crippen LogP contribution in [0, 0.1) is 0 Å². The van der Waals surface area contributed by atoms with Gasteiger partial charge in [0.2, 0.25) is 6.10 Å². The summed E-state index contributed by atoms with van der Waals surface area (Å²) in [5, 5.41) is 8.65. The summed E-state index contributed by atoms with van der Waals surface area (Å²) in [6.45, 7) is 1.18. The van der Waals surface area contributed by atoms with Crippen molar-refractivity contribution in [2.75, 3.05) is 6.26 Å². The number of ether oxygens (including phenoxy) is 1. The fraction of sp³-hybridized carbons (Fsp3) is 0.714. The molecule has 0 saturated carbocycles. The molecule has 13 heavy (non-hydrogen) atoms. The fourth-order valence-electron chi connectivity index (χ4n) is 0.679. The molecule has 0 rings (SSSR count). The van der Waals surface area contributed by atoms with Crippen LogP contribution in [0.25, 0.3) is 0 Å². The van der Waals surface area contributed by atoms with Crippen LogP contribution >= 0.6 is 24.4 Å². The van der Waals surface area contributed by atoms with E-state index in [4.69, 9.17) is 5.11 Å². The molecule has 0 aliphatic carbocycles. The van der Waals surface area contributed by atoms with Gasteiger partial charge >= 0.3 is 11.9 Å². The highest BCUT2D eigenvalue weighted by Crippen LogP contribution is 2.18. The Hall–Kier alpha value is -0.360. The Balaban J connectivity index is 4.10. The maximum absolute atomic E-state index is 10.6. The van der Waals surface area contributed by atoms with Gasteiger partial charge in [0.15, 0.2) is 0 Å². The Labute approximate surface area is 86.4 Å². The smallest absolute Gasteiger partial charge is 0.345 e. The maximum Gasteiger partial charge on any atom is 0.345 e. The van der Waals surface area contributed by atoms with Crippen LogP contribution in [0.15, 0.2) is 0 Å². The lowest BCUT2D eigenvalue weighted by atomic mass is 10.3. The molecule has 6 heteroatoms. The molecule has 0 spiro atoms. The topological polar surface area (TPSA) is 63.6 Å². The van der Waals surface area contributed by atoms with Crippen LogP contribution in [0.1, 0.15) is 13.3 Å². The van der Waals surface area contributed by atoms with Crippen LogP contribution < -0.4 is 0 Å². The number of aliphatic carboxylic acids is 1. The first kappa shape index (κ1) is 12.6. The molecule has 0 aliphatic heterocycles. The molecular weight excluding hydrogens is 212 g/mol. The summed E-state index contributed by atoms with van der Waals surface area (Å²) in [5.41, 5.74) is 0. The number of carboxylic acids is 1. The number of thioether (sulfide) groups is 1. The molecule has 0 radical (unpaired) electrons. The molecule has 4 nitrogen and oxygen atoms in total. The molecule has 0 heterocycles. The van der Waals surface area contributed by atoms with Crippen molar-refractivity contribution in [3.63, 3.8) is 0 Å². The first-order valence-electron chi connectivity index (χ1n) is 3.58. The van der Waals surface area contributed by atoms with E-state index in [1.54, 1.807) is 0 Å². The normalized spacial score (nSPS) is 14.7. The van der Waals surface area contributed by atoms with Crippen molar-refractivity contribution in [1.82, 2.24) is 0 Å². The van der Waals surface area contributed by atoms with E-state index in [1.807, 2.05) is 6.26 Å². The molecule has 0 aromatic rings. The third-order valence-electron chi connectivity index (χ3n) is 1.27. The summed E-state index contributed by atoms with van der Waals surface area (Å²) in [6, 6.07) is 0. The second-order valence-corrected chi connectivity index (χ2v) is 4.38.